The van der Waals surface area contributed by atoms with Crippen LogP contribution < -0.4 is 16.1 Å². The van der Waals surface area contributed by atoms with Crippen LogP contribution in [0.5, 0.6) is 0 Å². The average molecular weight is 288 g/mol. The van der Waals surface area contributed by atoms with Crippen LogP contribution in [0.3, 0.4) is 0 Å². The van der Waals surface area contributed by atoms with Crippen molar-refractivity contribution in [3.63, 3.8) is 0 Å². The number of aryl methyl sites for hydroxylation is 1. The van der Waals surface area contributed by atoms with Gasteiger partial charge in [-0.3, -0.25) is 13.9 Å². The van der Waals surface area contributed by atoms with Crippen LogP contribution in [0.15, 0.2) is 26.1 Å². The molecule has 0 N–H and O–H groups in total. The van der Waals surface area contributed by atoms with Gasteiger partial charge in [0.25, 0.3) is 5.56 Å². The molecule has 21 heavy (non-hydrogen) atoms. The van der Waals surface area contributed by atoms with E-state index < -0.39 is 11.2 Å². The molecule has 2 aromatic heterocycles. The first-order valence-electron chi connectivity index (χ1n) is 6.33. The Labute approximate surface area is 121 Å². The fraction of sp³-hybridized carbons (Fsp3) is 0.357. The van der Waals surface area contributed by atoms with Crippen LogP contribution in [-0.2, 0) is 20.6 Å². The van der Waals surface area contributed by atoms with E-state index in [1.54, 1.807) is 11.9 Å². The summed E-state index contributed by atoms with van der Waals surface area (Å²) >= 11 is 0. The van der Waals surface area contributed by atoms with Gasteiger partial charge in [-0.1, -0.05) is 0 Å². The van der Waals surface area contributed by atoms with E-state index in [0.29, 0.717) is 12.3 Å². The number of hydrogen-bond acceptors (Lipinski definition) is 5. The van der Waals surface area contributed by atoms with E-state index in [9.17, 15) is 14.9 Å². The molecule has 110 valence electrons. The third-order valence-corrected chi connectivity index (χ3v) is 3.30. The van der Waals surface area contributed by atoms with Crippen molar-refractivity contribution in [1.29, 1.82) is 5.26 Å². The van der Waals surface area contributed by atoms with Gasteiger partial charge in [0, 0.05) is 21.1 Å². The third-order valence-electron chi connectivity index (χ3n) is 3.30. The molecule has 0 aliphatic heterocycles. The molecule has 0 radical (unpaired) electrons. The molecule has 2 aromatic rings. The lowest BCUT2D eigenvalue weighted by atomic mass is 10.3. The van der Waals surface area contributed by atoms with Crippen LogP contribution >= 0.6 is 0 Å². The fourth-order valence-corrected chi connectivity index (χ4v) is 2.26. The van der Waals surface area contributed by atoms with E-state index in [4.69, 9.17) is 4.42 Å². The minimum atomic E-state index is -0.599. The number of nitrogens with zero attached hydrogens (tertiary/aromatic N) is 4. The number of hydrogen-bond donors (Lipinski definition) is 0. The van der Waals surface area contributed by atoms with Crippen molar-refractivity contribution >= 4 is 5.82 Å². The molecule has 0 aromatic carbocycles. The quantitative estimate of drug-likeness (QED) is 0.821. The van der Waals surface area contributed by atoms with E-state index in [1.807, 2.05) is 25.1 Å². The van der Waals surface area contributed by atoms with Crippen molar-refractivity contribution in [3.8, 4) is 6.07 Å². The topological polar surface area (TPSA) is 84.2 Å². The number of rotatable bonds is 3. The van der Waals surface area contributed by atoms with Gasteiger partial charge in [0.05, 0.1) is 6.54 Å². The molecule has 0 aliphatic rings. The van der Waals surface area contributed by atoms with E-state index in [1.165, 1.54) is 18.7 Å². The van der Waals surface area contributed by atoms with E-state index in [0.717, 1.165) is 10.3 Å². The number of aromatic nitrogens is 2. The molecule has 0 atom stereocenters. The zero-order chi connectivity index (χ0) is 15.7. The molecular formula is C14H16N4O3. The van der Waals surface area contributed by atoms with Gasteiger partial charge in [0.2, 0.25) is 0 Å². The predicted molar refractivity (Wildman–Crippen MR) is 77.2 cm³/mol. The second kappa shape index (κ2) is 5.32. The lowest BCUT2D eigenvalue weighted by Gasteiger charge is -2.22. The summed E-state index contributed by atoms with van der Waals surface area (Å²) in [6.45, 7) is 2.18. The molecule has 0 fully saturated rings. The summed E-state index contributed by atoms with van der Waals surface area (Å²) < 4.78 is 7.69. The average Bonchev–Trinajstić information content (AvgIpc) is 2.85. The van der Waals surface area contributed by atoms with Crippen molar-refractivity contribution in [1.82, 2.24) is 9.13 Å². The van der Waals surface area contributed by atoms with Gasteiger partial charge in [0.1, 0.15) is 23.4 Å². The monoisotopic (exact) mass is 288 g/mol. The lowest BCUT2D eigenvalue weighted by Crippen LogP contribution is -2.41. The molecule has 7 heteroatoms. The summed E-state index contributed by atoms with van der Waals surface area (Å²) in [7, 11) is 4.58. The van der Waals surface area contributed by atoms with E-state index >= 15 is 0 Å². The minimum absolute atomic E-state index is 0.0645. The maximum atomic E-state index is 12.0. The summed E-state index contributed by atoms with van der Waals surface area (Å²) in [6, 6.07) is 5.53. The highest BCUT2D eigenvalue weighted by molar-refractivity contribution is 5.53. The van der Waals surface area contributed by atoms with Crippen LogP contribution in [0.4, 0.5) is 5.82 Å². The third kappa shape index (κ3) is 2.48. The zero-order valence-corrected chi connectivity index (χ0v) is 12.4. The van der Waals surface area contributed by atoms with Gasteiger partial charge in [-0.15, -0.1) is 0 Å². The Morgan fingerprint density at radius 2 is 1.95 bits per heavy atom. The molecule has 0 spiro atoms. The SMILES string of the molecule is Cc1ccc(CN(C)c2c(C#N)c(=O)n(C)c(=O)n2C)o1. The largest absolute Gasteiger partial charge is 0.464 e. The summed E-state index contributed by atoms with van der Waals surface area (Å²) in [5, 5.41) is 9.23. The molecule has 0 saturated heterocycles. The molecule has 7 nitrogen and oxygen atoms in total. The lowest BCUT2D eigenvalue weighted by molar-refractivity contribution is 0.479. The molecule has 0 bridgehead atoms. The van der Waals surface area contributed by atoms with Crippen LogP contribution in [0, 0.1) is 18.3 Å². The standard InChI is InChI=1S/C14H16N4O3/c1-9-5-6-10(21-9)8-16(2)12-11(7-15)13(19)18(4)14(20)17(12)3/h5-6H,8H2,1-4H3. The van der Waals surface area contributed by atoms with Crippen LogP contribution in [-0.4, -0.2) is 16.2 Å². The Morgan fingerprint density at radius 3 is 2.48 bits per heavy atom. The Bertz CT molecular complexity index is 835. The van der Waals surface area contributed by atoms with Crippen molar-refractivity contribution in [2.75, 3.05) is 11.9 Å². The minimum Gasteiger partial charge on any atom is -0.464 e. The molecule has 0 unspecified atom stereocenters. The normalized spacial score (nSPS) is 10.4. The molecule has 0 saturated carbocycles. The first kappa shape index (κ1) is 14.7. The van der Waals surface area contributed by atoms with Gasteiger partial charge >= 0.3 is 5.69 Å². The maximum Gasteiger partial charge on any atom is 0.332 e. The Morgan fingerprint density at radius 1 is 1.29 bits per heavy atom. The summed E-state index contributed by atoms with van der Waals surface area (Å²) in [6.07, 6.45) is 0. The van der Waals surface area contributed by atoms with E-state index in [-0.39, 0.29) is 11.4 Å². The number of nitriles is 1. The first-order chi connectivity index (χ1) is 9.86. The fourth-order valence-electron chi connectivity index (χ4n) is 2.26. The maximum absolute atomic E-state index is 12.0. The van der Waals surface area contributed by atoms with Crippen LogP contribution in [0.1, 0.15) is 17.1 Å². The predicted octanol–water partition coefficient (Wildman–Crippen LogP) is 0.494. The summed E-state index contributed by atoms with van der Waals surface area (Å²) in [4.78, 5) is 25.7. The van der Waals surface area contributed by atoms with Gasteiger partial charge in [0.15, 0.2) is 5.56 Å². The number of furan rings is 1. The van der Waals surface area contributed by atoms with Crippen molar-refractivity contribution in [2.45, 2.75) is 13.5 Å². The van der Waals surface area contributed by atoms with Crippen molar-refractivity contribution in [3.05, 3.63) is 50.1 Å². The van der Waals surface area contributed by atoms with Crippen LogP contribution in [0.2, 0.25) is 0 Å². The molecule has 0 amide bonds. The van der Waals surface area contributed by atoms with Gasteiger partial charge in [-0.05, 0) is 19.1 Å². The smallest absolute Gasteiger partial charge is 0.332 e. The van der Waals surface area contributed by atoms with E-state index in [2.05, 4.69) is 0 Å². The Hall–Kier alpha value is -2.75. The van der Waals surface area contributed by atoms with Gasteiger partial charge in [-0.2, -0.15) is 5.26 Å². The van der Waals surface area contributed by atoms with Gasteiger partial charge in [-0.25, -0.2) is 4.79 Å². The molecule has 2 rings (SSSR count). The summed E-state index contributed by atoms with van der Waals surface area (Å²) in [5.74, 6) is 1.74. The van der Waals surface area contributed by atoms with Crippen LogP contribution in [0.25, 0.3) is 0 Å². The second-order valence-corrected chi connectivity index (χ2v) is 4.88. The molecule has 0 aliphatic carbocycles. The van der Waals surface area contributed by atoms with Crippen molar-refractivity contribution in [2.24, 2.45) is 14.1 Å². The number of anilines is 1. The molecule has 2 heterocycles. The molecular weight excluding hydrogens is 272 g/mol. The Balaban J connectivity index is 2.55. The highest BCUT2D eigenvalue weighted by atomic mass is 16.3. The highest BCUT2D eigenvalue weighted by Gasteiger charge is 2.19. The van der Waals surface area contributed by atoms with Crippen molar-refractivity contribution < 1.29 is 4.42 Å². The second-order valence-electron chi connectivity index (χ2n) is 4.88. The van der Waals surface area contributed by atoms with Gasteiger partial charge < -0.3 is 9.32 Å². The summed E-state index contributed by atoms with van der Waals surface area (Å²) in [5.41, 5.74) is -1.14. The first-order valence-corrected chi connectivity index (χ1v) is 6.33. The Kier molecular flexibility index (Phi) is 3.72. The zero-order valence-electron chi connectivity index (χ0n) is 12.4. The highest BCUT2D eigenvalue weighted by Crippen LogP contribution is 2.17.